The second kappa shape index (κ2) is 3.22. The van der Waals surface area contributed by atoms with Crippen LogP contribution in [0.5, 0.6) is 0 Å². The molecular weight excluding hydrogens is 96.1 g/mol. The number of carbonyl (C=O) groups is 1. The third-order valence-electron chi connectivity index (χ3n) is 0.555. The lowest BCUT2D eigenvalue weighted by Crippen LogP contribution is -1.93. The Morgan fingerprint density at radius 2 is 2.33 bits per heavy atom. The highest BCUT2D eigenvalue weighted by atomic mass is 32.1. The maximum atomic E-state index is 10.1. The van der Waals surface area contributed by atoms with Crippen LogP contribution in [0.1, 0.15) is 13.3 Å². The predicted molar refractivity (Wildman–Crippen MR) is 27.8 cm³/mol. The van der Waals surface area contributed by atoms with Crippen LogP contribution in [0.4, 0.5) is 0 Å². The SMILES string of the molecule is CCC(=O)C[S]. The minimum absolute atomic E-state index is 0.157. The van der Waals surface area contributed by atoms with Gasteiger partial charge in [-0.15, -0.1) is 0 Å². The summed E-state index contributed by atoms with van der Waals surface area (Å²) < 4.78 is 0. The van der Waals surface area contributed by atoms with Gasteiger partial charge in [-0.1, -0.05) is 19.6 Å². The Hall–Kier alpha value is 0.0200. The number of hydrogen-bond donors (Lipinski definition) is 0. The zero-order valence-electron chi connectivity index (χ0n) is 3.73. The smallest absolute Gasteiger partial charge is 0.143 e. The molecule has 35 valence electrons. The third kappa shape index (κ3) is 2.27. The molecule has 2 heteroatoms. The zero-order valence-corrected chi connectivity index (χ0v) is 4.55. The van der Waals surface area contributed by atoms with E-state index >= 15 is 0 Å². The van der Waals surface area contributed by atoms with E-state index < -0.39 is 0 Å². The van der Waals surface area contributed by atoms with Crippen molar-refractivity contribution in [2.45, 2.75) is 13.3 Å². The van der Waals surface area contributed by atoms with Gasteiger partial charge in [0.1, 0.15) is 5.78 Å². The molecule has 1 radical (unpaired) electrons. The molecule has 0 aliphatic carbocycles. The Balaban J connectivity index is 2.99. The van der Waals surface area contributed by atoms with E-state index in [1.165, 1.54) is 0 Å². The number of ketones is 1. The van der Waals surface area contributed by atoms with Crippen LogP contribution < -0.4 is 0 Å². The first-order valence-corrected chi connectivity index (χ1v) is 2.48. The largest absolute Gasteiger partial charge is 0.299 e. The maximum absolute atomic E-state index is 10.1. The fourth-order valence-electron chi connectivity index (χ4n) is 0.102. The van der Waals surface area contributed by atoms with Gasteiger partial charge in [0.2, 0.25) is 0 Å². The van der Waals surface area contributed by atoms with Gasteiger partial charge in [-0.05, 0) is 0 Å². The summed E-state index contributed by atoms with van der Waals surface area (Å²) >= 11 is 4.42. The normalized spacial score (nSPS) is 8.33. The van der Waals surface area contributed by atoms with Crippen LogP contribution in [-0.2, 0) is 4.79 Å². The van der Waals surface area contributed by atoms with Gasteiger partial charge in [-0.25, -0.2) is 0 Å². The van der Waals surface area contributed by atoms with E-state index in [4.69, 9.17) is 0 Å². The average molecular weight is 103 g/mol. The molecule has 0 spiro atoms. The van der Waals surface area contributed by atoms with E-state index in [0.29, 0.717) is 6.42 Å². The summed E-state index contributed by atoms with van der Waals surface area (Å²) in [4.78, 5) is 10.1. The Bertz CT molecular complexity index is 45.5. The minimum atomic E-state index is 0.157. The van der Waals surface area contributed by atoms with Gasteiger partial charge in [0.15, 0.2) is 0 Å². The van der Waals surface area contributed by atoms with Crippen LogP contribution in [-0.4, -0.2) is 11.5 Å². The van der Waals surface area contributed by atoms with Crippen molar-refractivity contribution in [3.63, 3.8) is 0 Å². The minimum Gasteiger partial charge on any atom is -0.299 e. The molecule has 0 rings (SSSR count). The predicted octanol–water partition coefficient (Wildman–Crippen LogP) is 1.16. The van der Waals surface area contributed by atoms with Crippen LogP contribution in [0.3, 0.4) is 0 Å². The average Bonchev–Trinajstić information content (AvgIpc) is 1.65. The van der Waals surface area contributed by atoms with Crippen molar-refractivity contribution in [1.82, 2.24) is 0 Å². The number of Topliss-reactive ketones (excluding diaryl/α,β-unsaturated/α-hetero) is 1. The van der Waals surface area contributed by atoms with Crippen LogP contribution >= 0.6 is 12.6 Å². The summed E-state index contributed by atoms with van der Waals surface area (Å²) in [6, 6.07) is 0. The fraction of sp³-hybridized carbons (Fsp3) is 0.750. The summed E-state index contributed by atoms with van der Waals surface area (Å²) in [6.07, 6.45) is 0.587. The summed E-state index contributed by atoms with van der Waals surface area (Å²) in [5.74, 6) is 0.432. The van der Waals surface area contributed by atoms with E-state index in [-0.39, 0.29) is 11.5 Å². The Morgan fingerprint density at radius 3 is 2.33 bits per heavy atom. The molecule has 0 atom stereocenters. The van der Waals surface area contributed by atoms with Gasteiger partial charge >= 0.3 is 0 Å². The zero-order chi connectivity index (χ0) is 4.99. The summed E-state index contributed by atoms with van der Waals surface area (Å²) in [5.41, 5.74) is 0. The fourth-order valence-corrected chi connectivity index (χ4v) is 0.306. The highest BCUT2D eigenvalue weighted by molar-refractivity contribution is 7.81. The highest BCUT2D eigenvalue weighted by Gasteiger charge is 1.88. The number of rotatable bonds is 2. The summed E-state index contributed by atoms with van der Waals surface area (Å²) in [5, 5.41) is 0. The quantitative estimate of drug-likeness (QED) is 0.512. The second-order valence-electron chi connectivity index (χ2n) is 1.04. The second-order valence-corrected chi connectivity index (χ2v) is 1.33. The van der Waals surface area contributed by atoms with Crippen LogP contribution in [0.2, 0.25) is 0 Å². The third-order valence-corrected chi connectivity index (χ3v) is 0.877. The van der Waals surface area contributed by atoms with Gasteiger partial charge in [-0.2, -0.15) is 0 Å². The molecule has 0 aliphatic rings. The van der Waals surface area contributed by atoms with Crippen molar-refractivity contribution in [2.24, 2.45) is 0 Å². The number of hydrogen-bond acceptors (Lipinski definition) is 1. The van der Waals surface area contributed by atoms with Crippen LogP contribution in [0.25, 0.3) is 0 Å². The van der Waals surface area contributed by atoms with E-state index in [1.54, 1.807) is 0 Å². The Kier molecular flexibility index (Phi) is 3.23. The van der Waals surface area contributed by atoms with Crippen molar-refractivity contribution >= 4 is 18.4 Å². The lowest BCUT2D eigenvalue weighted by atomic mass is 10.4. The molecule has 0 amide bonds. The first-order chi connectivity index (χ1) is 2.81. The lowest BCUT2D eigenvalue weighted by Gasteiger charge is -1.79. The maximum Gasteiger partial charge on any atom is 0.143 e. The molecule has 6 heavy (non-hydrogen) atoms. The molecule has 0 bridgehead atoms. The van der Waals surface area contributed by atoms with Crippen molar-refractivity contribution in [3.05, 3.63) is 0 Å². The molecular formula is C4H7OS. The lowest BCUT2D eigenvalue weighted by molar-refractivity contribution is -0.116. The Labute approximate surface area is 43.2 Å². The molecule has 0 N–H and O–H groups in total. The van der Waals surface area contributed by atoms with Gasteiger partial charge in [0, 0.05) is 6.42 Å². The van der Waals surface area contributed by atoms with Crippen LogP contribution in [0, 0.1) is 0 Å². The Morgan fingerprint density at radius 1 is 1.83 bits per heavy atom. The molecule has 0 unspecified atom stereocenters. The van der Waals surface area contributed by atoms with E-state index in [9.17, 15) is 4.79 Å². The summed E-state index contributed by atoms with van der Waals surface area (Å²) in [7, 11) is 0. The molecule has 0 saturated heterocycles. The molecule has 0 aliphatic heterocycles. The van der Waals surface area contributed by atoms with E-state index in [2.05, 4.69) is 12.6 Å². The van der Waals surface area contributed by atoms with E-state index in [0.717, 1.165) is 0 Å². The molecule has 0 aromatic heterocycles. The van der Waals surface area contributed by atoms with Crippen molar-refractivity contribution < 1.29 is 4.79 Å². The molecule has 0 aromatic carbocycles. The van der Waals surface area contributed by atoms with Crippen LogP contribution in [0.15, 0.2) is 0 Å². The van der Waals surface area contributed by atoms with Gasteiger partial charge in [0.05, 0.1) is 5.75 Å². The monoisotopic (exact) mass is 103 g/mol. The van der Waals surface area contributed by atoms with Crippen molar-refractivity contribution in [2.75, 3.05) is 5.75 Å². The molecule has 0 fully saturated rings. The molecule has 0 heterocycles. The van der Waals surface area contributed by atoms with E-state index in [1.807, 2.05) is 6.92 Å². The first kappa shape index (κ1) is 6.02. The highest BCUT2D eigenvalue weighted by Crippen LogP contribution is 1.81. The number of carbonyl (C=O) groups excluding carboxylic acids is 1. The van der Waals surface area contributed by atoms with Gasteiger partial charge in [0.25, 0.3) is 0 Å². The standard InChI is InChI=1S/C4H7OS/c1-2-4(5)3-6/h2-3H2,1H3. The molecule has 0 saturated carbocycles. The summed E-state index contributed by atoms with van der Waals surface area (Å²) in [6.45, 7) is 1.81. The first-order valence-electron chi connectivity index (χ1n) is 1.91. The molecule has 0 aromatic rings. The molecule has 1 nitrogen and oxygen atoms in total. The van der Waals surface area contributed by atoms with Gasteiger partial charge < -0.3 is 0 Å². The van der Waals surface area contributed by atoms with Crippen molar-refractivity contribution in [1.29, 1.82) is 0 Å². The van der Waals surface area contributed by atoms with Gasteiger partial charge in [-0.3, -0.25) is 4.79 Å². The van der Waals surface area contributed by atoms with Crippen molar-refractivity contribution in [3.8, 4) is 0 Å². The topological polar surface area (TPSA) is 17.1 Å².